The highest BCUT2D eigenvalue weighted by Crippen LogP contribution is 2.27. The standard InChI is InChI=1S/C11H13NO2/c1-2-11-8(3-4-12-11)5-9(1)14-10-6-13-7-10/h1-2,5,10,12H,3-4,6-7H2. The molecule has 0 unspecified atom stereocenters. The third-order valence-corrected chi connectivity index (χ3v) is 2.70. The summed E-state index contributed by atoms with van der Waals surface area (Å²) in [4.78, 5) is 0. The Kier molecular flexibility index (Phi) is 1.84. The zero-order valence-electron chi connectivity index (χ0n) is 7.95. The van der Waals surface area contributed by atoms with E-state index in [1.165, 1.54) is 11.3 Å². The van der Waals surface area contributed by atoms with Crippen molar-refractivity contribution in [2.45, 2.75) is 12.5 Å². The maximum absolute atomic E-state index is 5.72. The van der Waals surface area contributed by atoms with Crippen LogP contribution in [0.25, 0.3) is 0 Å². The van der Waals surface area contributed by atoms with Crippen LogP contribution in [-0.2, 0) is 11.2 Å². The molecule has 1 fully saturated rings. The summed E-state index contributed by atoms with van der Waals surface area (Å²) in [6.45, 7) is 2.51. The van der Waals surface area contributed by atoms with Gasteiger partial charge in [-0.15, -0.1) is 0 Å². The molecule has 3 nitrogen and oxygen atoms in total. The Labute approximate surface area is 83.0 Å². The van der Waals surface area contributed by atoms with Crippen LogP contribution in [0.15, 0.2) is 18.2 Å². The van der Waals surface area contributed by atoms with Gasteiger partial charge in [0, 0.05) is 12.2 Å². The van der Waals surface area contributed by atoms with Crippen LogP contribution in [0, 0.1) is 0 Å². The minimum absolute atomic E-state index is 0.266. The van der Waals surface area contributed by atoms with Gasteiger partial charge in [0.1, 0.15) is 11.9 Å². The molecule has 0 radical (unpaired) electrons. The molecule has 1 N–H and O–H groups in total. The van der Waals surface area contributed by atoms with Crippen LogP contribution in [0.4, 0.5) is 5.69 Å². The lowest BCUT2D eigenvalue weighted by Crippen LogP contribution is -2.38. The number of nitrogens with one attached hydrogen (secondary N) is 1. The number of hydrogen-bond acceptors (Lipinski definition) is 3. The number of fused-ring (bicyclic) bond motifs is 1. The van der Waals surface area contributed by atoms with Crippen LogP contribution in [-0.4, -0.2) is 25.9 Å². The number of hydrogen-bond donors (Lipinski definition) is 1. The Bertz CT molecular complexity index is 347. The molecule has 2 aliphatic rings. The summed E-state index contributed by atoms with van der Waals surface area (Å²) in [6.07, 6.45) is 1.37. The summed E-state index contributed by atoms with van der Waals surface area (Å²) >= 11 is 0. The lowest BCUT2D eigenvalue weighted by atomic mass is 10.1. The smallest absolute Gasteiger partial charge is 0.145 e. The monoisotopic (exact) mass is 191 g/mol. The first kappa shape index (κ1) is 8.12. The Morgan fingerprint density at radius 1 is 1.36 bits per heavy atom. The van der Waals surface area contributed by atoms with Crippen LogP contribution in [0.1, 0.15) is 5.56 Å². The molecule has 3 heteroatoms. The van der Waals surface area contributed by atoms with E-state index in [1.807, 2.05) is 6.07 Å². The molecule has 0 bridgehead atoms. The van der Waals surface area contributed by atoms with E-state index in [9.17, 15) is 0 Å². The van der Waals surface area contributed by atoms with Crippen molar-refractivity contribution < 1.29 is 9.47 Å². The summed E-state index contributed by atoms with van der Waals surface area (Å²) in [7, 11) is 0. The molecule has 0 aromatic heterocycles. The highest BCUT2D eigenvalue weighted by molar-refractivity contribution is 5.57. The zero-order chi connectivity index (χ0) is 9.38. The molecule has 0 amide bonds. The van der Waals surface area contributed by atoms with Crippen molar-refractivity contribution in [3.63, 3.8) is 0 Å². The SMILES string of the molecule is c1cc2c(cc1OC1COC1)CCN2. The Morgan fingerprint density at radius 2 is 2.29 bits per heavy atom. The minimum Gasteiger partial charge on any atom is -0.486 e. The molecule has 1 aromatic rings. The maximum Gasteiger partial charge on any atom is 0.145 e. The molecule has 3 rings (SSSR count). The van der Waals surface area contributed by atoms with E-state index < -0.39 is 0 Å². The fourth-order valence-electron chi connectivity index (χ4n) is 1.83. The van der Waals surface area contributed by atoms with Gasteiger partial charge >= 0.3 is 0 Å². The van der Waals surface area contributed by atoms with Gasteiger partial charge < -0.3 is 14.8 Å². The third kappa shape index (κ3) is 1.34. The van der Waals surface area contributed by atoms with E-state index in [0.717, 1.165) is 31.9 Å². The normalized spacial score (nSPS) is 19.7. The van der Waals surface area contributed by atoms with Crippen LogP contribution in [0.2, 0.25) is 0 Å². The van der Waals surface area contributed by atoms with E-state index in [1.54, 1.807) is 0 Å². The fraction of sp³-hybridized carbons (Fsp3) is 0.455. The van der Waals surface area contributed by atoms with E-state index in [4.69, 9.17) is 9.47 Å². The second kappa shape index (κ2) is 3.17. The van der Waals surface area contributed by atoms with Gasteiger partial charge in [0.2, 0.25) is 0 Å². The van der Waals surface area contributed by atoms with E-state index in [0.29, 0.717) is 0 Å². The molecule has 0 aliphatic carbocycles. The number of anilines is 1. The van der Waals surface area contributed by atoms with Crippen molar-refractivity contribution in [3.05, 3.63) is 23.8 Å². The molecule has 1 saturated heterocycles. The van der Waals surface area contributed by atoms with Crippen LogP contribution < -0.4 is 10.1 Å². The summed E-state index contributed by atoms with van der Waals surface area (Å²) < 4.78 is 10.8. The molecule has 2 heterocycles. The largest absolute Gasteiger partial charge is 0.486 e. The summed E-state index contributed by atoms with van der Waals surface area (Å²) in [5.74, 6) is 0.973. The third-order valence-electron chi connectivity index (χ3n) is 2.70. The highest BCUT2D eigenvalue weighted by Gasteiger charge is 2.20. The van der Waals surface area contributed by atoms with E-state index >= 15 is 0 Å². The lowest BCUT2D eigenvalue weighted by Gasteiger charge is -2.26. The van der Waals surface area contributed by atoms with Crippen molar-refractivity contribution >= 4 is 5.69 Å². The molecule has 2 aliphatic heterocycles. The molecule has 74 valence electrons. The highest BCUT2D eigenvalue weighted by atomic mass is 16.6. The second-order valence-electron chi connectivity index (χ2n) is 3.77. The first-order valence-corrected chi connectivity index (χ1v) is 5.03. The summed E-state index contributed by atoms with van der Waals surface area (Å²) in [6, 6.07) is 6.25. The quantitative estimate of drug-likeness (QED) is 0.767. The number of benzene rings is 1. The summed E-state index contributed by atoms with van der Waals surface area (Å²) in [5, 5.41) is 3.33. The lowest BCUT2D eigenvalue weighted by molar-refractivity contribution is -0.0796. The molecule has 14 heavy (non-hydrogen) atoms. The van der Waals surface area contributed by atoms with Crippen LogP contribution >= 0.6 is 0 Å². The van der Waals surface area contributed by atoms with E-state index in [-0.39, 0.29) is 6.10 Å². The minimum atomic E-state index is 0.266. The van der Waals surface area contributed by atoms with Crippen molar-refractivity contribution in [1.29, 1.82) is 0 Å². The van der Waals surface area contributed by atoms with Gasteiger partial charge in [-0.2, -0.15) is 0 Å². The number of ether oxygens (including phenoxy) is 2. The van der Waals surface area contributed by atoms with Gasteiger partial charge in [-0.1, -0.05) is 0 Å². The molecular formula is C11H13NO2. The van der Waals surface area contributed by atoms with Crippen molar-refractivity contribution in [2.75, 3.05) is 25.1 Å². The first-order valence-electron chi connectivity index (χ1n) is 5.03. The van der Waals surface area contributed by atoms with Gasteiger partial charge in [0.25, 0.3) is 0 Å². The topological polar surface area (TPSA) is 30.5 Å². The fourth-order valence-corrected chi connectivity index (χ4v) is 1.83. The van der Waals surface area contributed by atoms with Gasteiger partial charge in [0.05, 0.1) is 13.2 Å². The maximum atomic E-state index is 5.72. The first-order chi connectivity index (χ1) is 6.92. The molecule has 0 saturated carbocycles. The van der Waals surface area contributed by atoms with Crippen molar-refractivity contribution in [1.82, 2.24) is 0 Å². The Morgan fingerprint density at radius 3 is 3.07 bits per heavy atom. The number of rotatable bonds is 2. The molecular weight excluding hydrogens is 178 g/mol. The van der Waals surface area contributed by atoms with Gasteiger partial charge in [-0.25, -0.2) is 0 Å². The van der Waals surface area contributed by atoms with Crippen LogP contribution in [0.5, 0.6) is 5.75 Å². The van der Waals surface area contributed by atoms with E-state index in [2.05, 4.69) is 17.4 Å². The second-order valence-corrected chi connectivity index (χ2v) is 3.77. The zero-order valence-corrected chi connectivity index (χ0v) is 7.95. The molecule has 1 aromatic carbocycles. The average Bonchev–Trinajstić information content (AvgIpc) is 2.58. The Hall–Kier alpha value is -1.22. The summed E-state index contributed by atoms with van der Waals surface area (Å²) in [5.41, 5.74) is 2.62. The van der Waals surface area contributed by atoms with Gasteiger partial charge in [0.15, 0.2) is 0 Å². The van der Waals surface area contributed by atoms with Crippen molar-refractivity contribution in [2.24, 2.45) is 0 Å². The van der Waals surface area contributed by atoms with Gasteiger partial charge in [-0.05, 0) is 30.2 Å². The van der Waals surface area contributed by atoms with Crippen LogP contribution in [0.3, 0.4) is 0 Å². The van der Waals surface area contributed by atoms with Crippen molar-refractivity contribution in [3.8, 4) is 5.75 Å². The predicted molar refractivity (Wildman–Crippen MR) is 53.9 cm³/mol. The van der Waals surface area contributed by atoms with Gasteiger partial charge in [-0.3, -0.25) is 0 Å². The predicted octanol–water partition coefficient (Wildman–Crippen LogP) is 1.43. The Balaban J connectivity index is 1.78. The average molecular weight is 191 g/mol. The molecule has 0 spiro atoms. The molecule has 0 atom stereocenters.